The van der Waals surface area contributed by atoms with Crippen molar-refractivity contribution in [1.82, 2.24) is 4.98 Å². The molecule has 0 bridgehead atoms. The molecule has 0 aliphatic carbocycles. The van der Waals surface area contributed by atoms with Crippen LogP contribution in [0.25, 0.3) is 0 Å². The second-order valence-corrected chi connectivity index (χ2v) is 4.85. The lowest BCUT2D eigenvalue weighted by atomic mass is 9.99. The number of pyridine rings is 1. The van der Waals surface area contributed by atoms with Crippen molar-refractivity contribution in [3.63, 3.8) is 0 Å². The van der Waals surface area contributed by atoms with Crippen molar-refractivity contribution in [2.75, 3.05) is 30.4 Å². The van der Waals surface area contributed by atoms with E-state index in [-0.39, 0.29) is 6.61 Å². The molecule has 1 aromatic heterocycles. The molecule has 2 heterocycles. The zero-order chi connectivity index (χ0) is 13.7. The Labute approximate surface area is 114 Å². The lowest BCUT2D eigenvalue weighted by molar-refractivity contribution is 0.262. The fourth-order valence-electron chi connectivity index (χ4n) is 2.61. The first-order valence-corrected chi connectivity index (χ1v) is 7.03. The average molecular weight is 265 g/mol. The SMILES string of the molecule is CCOc1nc(N2CCCCC2CCO)ccc1N. The molecule has 0 spiro atoms. The number of anilines is 2. The minimum atomic E-state index is 0.217. The van der Waals surface area contributed by atoms with Crippen LogP contribution in [0.1, 0.15) is 32.6 Å². The Morgan fingerprint density at radius 1 is 1.47 bits per heavy atom. The molecule has 1 saturated heterocycles. The summed E-state index contributed by atoms with van der Waals surface area (Å²) in [5, 5.41) is 9.17. The maximum Gasteiger partial charge on any atom is 0.239 e. The highest BCUT2D eigenvalue weighted by molar-refractivity contribution is 5.55. The second kappa shape index (κ2) is 6.61. The molecule has 2 rings (SSSR count). The summed E-state index contributed by atoms with van der Waals surface area (Å²) in [5.74, 6) is 1.41. The highest BCUT2D eigenvalue weighted by Crippen LogP contribution is 2.28. The summed E-state index contributed by atoms with van der Waals surface area (Å²) in [7, 11) is 0. The van der Waals surface area contributed by atoms with E-state index in [0.29, 0.717) is 24.2 Å². The van der Waals surface area contributed by atoms with Crippen LogP contribution >= 0.6 is 0 Å². The third-order valence-corrected chi connectivity index (χ3v) is 3.54. The van der Waals surface area contributed by atoms with Crippen molar-refractivity contribution in [2.24, 2.45) is 0 Å². The number of aliphatic hydroxyl groups excluding tert-OH is 1. The van der Waals surface area contributed by atoms with Crippen LogP contribution in [0.3, 0.4) is 0 Å². The predicted octanol–water partition coefficient (Wildman–Crippen LogP) is 1.80. The predicted molar refractivity (Wildman–Crippen MR) is 76.5 cm³/mol. The van der Waals surface area contributed by atoms with Crippen LogP contribution in [-0.4, -0.2) is 35.9 Å². The quantitative estimate of drug-likeness (QED) is 0.849. The molecule has 19 heavy (non-hydrogen) atoms. The summed E-state index contributed by atoms with van der Waals surface area (Å²) in [6.45, 7) is 3.67. The van der Waals surface area contributed by atoms with Gasteiger partial charge in [-0.3, -0.25) is 0 Å². The fraction of sp³-hybridized carbons (Fsp3) is 0.643. The first kappa shape index (κ1) is 13.9. The molecule has 1 aliphatic heterocycles. The Morgan fingerprint density at radius 2 is 2.32 bits per heavy atom. The molecule has 106 valence electrons. The first-order valence-electron chi connectivity index (χ1n) is 7.03. The minimum absolute atomic E-state index is 0.217. The molecule has 0 radical (unpaired) electrons. The minimum Gasteiger partial charge on any atom is -0.476 e. The van der Waals surface area contributed by atoms with E-state index in [1.165, 1.54) is 6.42 Å². The Bertz CT molecular complexity index is 410. The summed E-state index contributed by atoms with van der Waals surface area (Å²) >= 11 is 0. The van der Waals surface area contributed by atoms with E-state index in [0.717, 1.165) is 31.6 Å². The van der Waals surface area contributed by atoms with E-state index in [1.807, 2.05) is 19.1 Å². The van der Waals surface area contributed by atoms with E-state index >= 15 is 0 Å². The van der Waals surface area contributed by atoms with Crippen molar-refractivity contribution in [3.05, 3.63) is 12.1 Å². The van der Waals surface area contributed by atoms with Crippen molar-refractivity contribution in [1.29, 1.82) is 0 Å². The second-order valence-electron chi connectivity index (χ2n) is 4.85. The van der Waals surface area contributed by atoms with Crippen LogP contribution in [-0.2, 0) is 0 Å². The van der Waals surface area contributed by atoms with Crippen LogP contribution in [0, 0.1) is 0 Å². The maximum absolute atomic E-state index is 9.17. The van der Waals surface area contributed by atoms with Gasteiger partial charge in [0.1, 0.15) is 5.82 Å². The van der Waals surface area contributed by atoms with E-state index < -0.39 is 0 Å². The number of aliphatic hydroxyl groups is 1. The number of aromatic nitrogens is 1. The van der Waals surface area contributed by atoms with Crippen LogP contribution in [0.15, 0.2) is 12.1 Å². The van der Waals surface area contributed by atoms with Gasteiger partial charge in [0.15, 0.2) is 0 Å². The number of ether oxygens (including phenoxy) is 1. The first-order chi connectivity index (χ1) is 9.26. The van der Waals surface area contributed by atoms with E-state index in [2.05, 4.69) is 9.88 Å². The number of piperidine rings is 1. The van der Waals surface area contributed by atoms with E-state index in [9.17, 15) is 5.11 Å². The van der Waals surface area contributed by atoms with Gasteiger partial charge < -0.3 is 20.5 Å². The largest absolute Gasteiger partial charge is 0.476 e. The number of nitrogen functional groups attached to an aromatic ring is 1. The third-order valence-electron chi connectivity index (χ3n) is 3.54. The van der Waals surface area contributed by atoms with Crippen LogP contribution in [0.4, 0.5) is 11.5 Å². The topological polar surface area (TPSA) is 71.6 Å². The van der Waals surface area contributed by atoms with Gasteiger partial charge in [-0.05, 0) is 44.7 Å². The molecular formula is C14H23N3O2. The van der Waals surface area contributed by atoms with Gasteiger partial charge in [0.25, 0.3) is 0 Å². The third kappa shape index (κ3) is 3.29. The van der Waals surface area contributed by atoms with Gasteiger partial charge in [-0.2, -0.15) is 4.98 Å². The Balaban J connectivity index is 2.20. The van der Waals surface area contributed by atoms with Crippen molar-refractivity contribution >= 4 is 11.5 Å². The van der Waals surface area contributed by atoms with Crippen molar-refractivity contribution in [2.45, 2.75) is 38.6 Å². The van der Waals surface area contributed by atoms with Crippen LogP contribution in [0.5, 0.6) is 5.88 Å². The summed E-state index contributed by atoms with van der Waals surface area (Å²) in [5.41, 5.74) is 6.42. The van der Waals surface area contributed by atoms with Crippen molar-refractivity contribution < 1.29 is 9.84 Å². The molecule has 1 aliphatic rings. The molecule has 3 N–H and O–H groups in total. The number of nitrogens with zero attached hydrogens (tertiary/aromatic N) is 2. The highest BCUT2D eigenvalue weighted by Gasteiger charge is 2.23. The van der Waals surface area contributed by atoms with Gasteiger partial charge in [0.05, 0.1) is 12.3 Å². The fourth-order valence-corrected chi connectivity index (χ4v) is 2.61. The number of nitrogens with two attached hydrogens (primary N) is 1. The lowest BCUT2D eigenvalue weighted by Gasteiger charge is -2.36. The molecule has 5 heteroatoms. The average Bonchev–Trinajstić information content (AvgIpc) is 2.43. The van der Waals surface area contributed by atoms with Gasteiger partial charge in [0, 0.05) is 19.2 Å². The molecule has 0 saturated carbocycles. The number of hydrogen-bond donors (Lipinski definition) is 2. The smallest absolute Gasteiger partial charge is 0.239 e. The monoisotopic (exact) mass is 265 g/mol. The van der Waals surface area contributed by atoms with Gasteiger partial charge >= 0.3 is 0 Å². The standard InChI is InChI=1S/C14H23N3O2/c1-2-19-14-12(15)6-7-13(16-14)17-9-4-3-5-11(17)8-10-18/h6-7,11,18H,2-5,8-10,15H2,1H3. The Morgan fingerprint density at radius 3 is 3.05 bits per heavy atom. The molecule has 5 nitrogen and oxygen atoms in total. The molecule has 0 amide bonds. The lowest BCUT2D eigenvalue weighted by Crippen LogP contribution is -2.40. The van der Waals surface area contributed by atoms with E-state index in [1.54, 1.807) is 0 Å². The van der Waals surface area contributed by atoms with Gasteiger partial charge in [-0.1, -0.05) is 0 Å². The van der Waals surface area contributed by atoms with Gasteiger partial charge in [-0.15, -0.1) is 0 Å². The molecule has 1 aromatic rings. The summed E-state index contributed by atoms with van der Waals surface area (Å²) < 4.78 is 5.45. The zero-order valence-corrected chi connectivity index (χ0v) is 11.5. The Kier molecular flexibility index (Phi) is 4.85. The molecule has 1 fully saturated rings. The molecular weight excluding hydrogens is 242 g/mol. The summed E-state index contributed by atoms with van der Waals surface area (Å²) in [6, 6.07) is 4.15. The summed E-state index contributed by atoms with van der Waals surface area (Å²) in [6.07, 6.45) is 4.28. The maximum atomic E-state index is 9.17. The molecule has 1 unspecified atom stereocenters. The van der Waals surface area contributed by atoms with E-state index in [4.69, 9.17) is 10.5 Å². The van der Waals surface area contributed by atoms with Crippen molar-refractivity contribution in [3.8, 4) is 5.88 Å². The van der Waals surface area contributed by atoms with Gasteiger partial charge in [-0.25, -0.2) is 0 Å². The number of rotatable bonds is 5. The van der Waals surface area contributed by atoms with Crippen LogP contribution < -0.4 is 15.4 Å². The highest BCUT2D eigenvalue weighted by atomic mass is 16.5. The zero-order valence-electron chi connectivity index (χ0n) is 11.5. The molecule has 0 aromatic carbocycles. The Hall–Kier alpha value is -1.49. The van der Waals surface area contributed by atoms with Crippen LogP contribution in [0.2, 0.25) is 0 Å². The number of hydrogen-bond acceptors (Lipinski definition) is 5. The normalized spacial score (nSPS) is 19.5. The summed E-state index contributed by atoms with van der Waals surface area (Å²) in [4.78, 5) is 6.78. The van der Waals surface area contributed by atoms with Gasteiger partial charge in [0.2, 0.25) is 5.88 Å². The molecule has 1 atom stereocenters.